The summed E-state index contributed by atoms with van der Waals surface area (Å²) in [7, 11) is 2.18. The SMILES string of the molecule is CCC(C)(C)NCCN(C)Cc1cccs1. The van der Waals surface area contributed by atoms with E-state index in [0.717, 1.165) is 19.6 Å². The fourth-order valence-electron chi connectivity index (χ4n) is 1.46. The second-order valence-electron chi connectivity index (χ2n) is 4.98. The van der Waals surface area contributed by atoms with Crippen LogP contribution in [0.3, 0.4) is 0 Å². The summed E-state index contributed by atoms with van der Waals surface area (Å²) in [6, 6.07) is 4.32. The summed E-state index contributed by atoms with van der Waals surface area (Å²) in [5, 5.41) is 5.72. The fourth-order valence-corrected chi connectivity index (χ4v) is 2.24. The van der Waals surface area contributed by atoms with E-state index in [0.29, 0.717) is 0 Å². The van der Waals surface area contributed by atoms with Crippen molar-refractivity contribution in [1.29, 1.82) is 0 Å². The van der Waals surface area contributed by atoms with Gasteiger partial charge in [0.1, 0.15) is 0 Å². The van der Waals surface area contributed by atoms with Gasteiger partial charge in [-0.25, -0.2) is 0 Å². The third-order valence-corrected chi connectivity index (χ3v) is 3.85. The van der Waals surface area contributed by atoms with Gasteiger partial charge in [0.05, 0.1) is 0 Å². The third kappa shape index (κ3) is 5.10. The van der Waals surface area contributed by atoms with Gasteiger partial charge in [0.2, 0.25) is 0 Å². The Balaban J connectivity index is 2.18. The van der Waals surface area contributed by atoms with E-state index in [1.807, 2.05) is 11.3 Å². The van der Waals surface area contributed by atoms with Gasteiger partial charge in [-0.1, -0.05) is 13.0 Å². The molecule has 1 N–H and O–H groups in total. The van der Waals surface area contributed by atoms with Crippen molar-refractivity contribution in [1.82, 2.24) is 10.2 Å². The minimum absolute atomic E-state index is 0.268. The first-order valence-corrected chi connectivity index (χ1v) is 6.87. The molecule has 0 aromatic carbocycles. The second kappa shape index (κ2) is 6.38. The standard InChI is InChI=1S/C13H24N2S/c1-5-13(2,3)14-8-9-15(4)11-12-7-6-10-16-12/h6-7,10,14H,5,8-9,11H2,1-4H3. The van der Waals surface area contributed by atoms with Gasteiger partial charge < -0.3 is 10.2 Å². The summed E-state index contributed by atoms with van der Waals surface area (Å²) < 4.78 is 0. The minimum atomic E-state index is 0.268. The largest absolute Gasteiger partial charge is 0.311 e. The lowest BCUT2D eigenvalue weighted by Gasteiger charge is -2.26. The number of rotatable bonds is 7. The first-order valence-electron chi connectivity index (χ1n) is 5.99. The zero-order valence-electron chi connectivity index (χ0n) is 10.9. The van der Waals surface area contributed by atoms with Crippen LogP contribution in [-0.4, -0.2) is 30.6 Å². The molecular formula is C13H24N2S. The normalized spacial score (nSPS) is 12.3. The first kappa shape index (κ1) is 13.7. The van der Waals surface area contributed by atoms with Crippen LogP contribution >= 0.6 is 11.3 Å². The summed E-state index contributed by atoms with van der Waals surface area (Å²) in [4.78, 5) is 3.81. The summed E-state index contributed by atoms with van der Waals surface area (Å²) in [5.74, 6) is 0. The number of hydrogen-bond donors (Lipinski definition) is 1. The van der Waals surface area contributed by atoms with Crippen molar-refractivity contribution in [2.24, 2.45) is 0 Å². The molecule has 0 unspecified atom stereocenters. The van der Waals surface area contributed by atoms with Crippen LogP contribution in [0, 0.1) is 0 Å². The Hall–Kier alpha value is -0.380. The van der Waals surface area contributed by atoms with Crippen LogP contribution in [0.2, 0.25) is 0 Å². The van der Waals surface area contributed by atoms with Crippen LogP contribution < -0.4 is 5.32 Å². The van der Waals surface area contributed by atoms with E-state index in [1.165, 1.54) is 11.3 Å². The highest BCUT2D eigenvalue weighted by Gasteiger charge is 2.13. The van der Waals surface area contributed by atoms with Gasteiger partial charge in [0.25, 0.3) is 0 Å². The van der Waals surface area contributed by atoms with E-state index in [2.05, 4.69) is 55.5 Å². The van der Waals surface area contributed by atoms with Gasteiger partial charge in [-0.2, -0.15) is 0 Å². The average Bonchev–Trinajstić information content (AvgIpc) is 2.70. The first-order chi connectivity index (χ1) is 7.53. The Morgan fingerprint density at radius 1 is 1.44 bits per heavy atom. The van der Waals surface area contributed by atoms with Gasteiger partial charge in [0, 0.05) is 30.1 Å². The highest BCUT2D eigenvalue weighted by Crippen LogP contribution is 2.10. The van der Waals surface area contributed by atoms with E-state index in [4.69, 9.17) is 0 Å². The maximum atomic E-state index is 3.58. The molecule has 1 rings (SSSR count). The van der Waals surface area contributed by atoms with Gasteiger partial charge in [-0.3, -0.25) is 0 Å². The predicted octanol–water partition coefficient (Wildman–Crippen LogP) is 2.96. The van der Waals surface area contributed by atoms with E-state index >= 15 is 0 Å². The Bertz CT molecular complexity index is 280. The van der Waals surface area contributed by atoms with Crippen LogP contribution in [0.25, 0.3) is 0 Å². The highest BCUT2D eigenvalue weighted by molar-refractivity contribution is 7.09. The van der Waals surface area contributed by atoms with Gasteiger partial charge in [-0.15, -0.1) is 11.3 Å². The van der Waals surface area contributed by atoms with Crippen molar-refractivity contribution < 1.29 is 0 Å². The van der Waals surface area contributed by atoms with Crippen molar-refractivity contribution in [3.63, 3.8) is 0 Å². The molecule has 0 atom stereocenters. The molecule has 0 bridgehead atoms. The summed E-state index contributed by atoms with van der Waals surface area (Å²) >= 11 is 1.83. The van der Waals surface area contributed by atoms with Crippen LogP contribution in [0.5, 0.6) is 0 Å². The molecule has 16 heavy (non-hydrogen) atoms. The molecule has 92 valence electrons. The van der Waals surface area contributed by atoms with Gasteiger partial charge >= 0.3 is 0 Å². The van der Waals surface area contributed by atoms with Crippen LogP contribution in [0.4, 0.5) is 0 Å². The highest BCUT2D eigenvalue weighted by atomic mass is 32.1. The molecule has 0 aliphatic carbocycles. The second-order valence-corrected chi connectivity index (χ2v) is 6.01. The van der Waals surface area contributed by atoms with E-state index in [9.17, 15) is 0 Å². The fraction of sp³-hybridized carbons (Fsp3) is 0.692. The Morgan fingerprint density at radius 3 is 2.75 bits per heavy atom. The smallest absolute Gasteiger partial charge is 0.0325 e. The van der Waals surface area contributed by atoms with E-state index in [-0.39, 0.29) is 5.54 Å². The quantitative estimate of drug-likeness (QED) is 0.788. The molecule has 3 heteroatoms. The van der Waals surface area contributed by atoms with E-state index < -0.39 is 0 Å². The van der Waals surface area contributed by atoms with Crippen molar-refractivity contribution in [2.45, 2.75) is 39.3 Å². The molecular weight excluding hydrogens is 216 g/mol. The molecule has 0 fully saturated rings. The lowest BCUT2D eigenvalue weighted by atomic mass is 10.0. The molecule has 1 heterocycles. The lowest BCUT2D eigenvalue weighted by Crippen LogP contribution is -2.42. The molecule has 0 aliphatic rings. The van der Waals surface area contributed by atoms with Crippen molar-refractivity contribution in [2.75, 3.05) is 20.1 Å². The number of likely N-dealkylation sites (N-methyl/N-ethyl adjacent to an activating group) is 1. The maximum absolute atomic E-state index is 3.58. The predicted molar refractivity (Wildman–Crippen MR) is 73.0 cm³/mol. The Morgan fingerprint density at radius 2 is 2.19 bits per heavy atom. The molecule has 0 spiro atoms. The van der Waals surface area contributed by atoms with Gasteiger partial charge in [0.15, 0.2) is 0 Å². The Labute approximate surface area is 104 Å². The molecule has 0 amide bonds. The Kier molecular flexibility index (Phi) is 5.46. The molecule has 1 aromatic rings. The van der Waals surface area contributed by atoms with Crippen LogP contribution in [-0.2, 0) is 6.54 Å². The monoisotopic (exact) mass is 240 g/mol. The molecule has 0 aliphatic heterocycles. The topological polar surface area (TPSA) is 15.3 Å². The lowest BCUT2D eigenvalue weighted by molar-refractivity contribution is 0.295. The molecule has 1 aromatic heterocycles. The zero-order valence-corrected chi connectivity index (χ0v) is 11.7. The van der Waals surface area contributed by atoms with E-state index in [1.54, 1.807) is 0 Å². The maximum Gasteiger partial charge on any atom is 0.0325 e. The minimum Gasteiger partial charge on any atom is -0.311 e. The van der Waals surface area contributed by atoms with Crippen LogP contribution in [0.1, 0.15) is 32.1 Å². The number of hydrogen-bond acceptors (Lipinski definition) is 3. The summed E-state index contributed by atoms with van der Waals surface area (Å²) in [5.41, 5.74) is 0.268. The number of thiophene rings is 1. The number of nitrogens with one attached hydrogen (secondary N) is 1. The van der Waals surface area contributed by atoms with Gasteiger partial charge in [-0.05, 0) is 38.8 Å². The molecule has 0 saturated heterocycles. The number of nitrogens with zero attached hydrogens (tertiary/aromatic N) is 1. The molecule has 0 radical (unpaired) electrons. The molecule has 2 nitrogen and oxygen atoms in total. The van der Waals surface area contributed by atoms with Crippen molar-refractivity contribution in [3.05, 3.63) is 22.4 Å². The zero-order chi connectivity index (χ0) is 12.0. The van der Waals surface area contributed by atoms with Crippen molar-refractivity contribution in [3.8, 4) is 0 Å². The summed E-state index contributed by atoms with van der Waals surface area (Å²) in [6.07, 6.45) is 1.17. The van der Waals surface area contributed by atoms with Crippen molar-refractivity contribution >= 4 is 11.3 Å². The average molecular weight is 240 g/mol. The van der Waals surface area contributed by atoms with Crippen LogP contribution in [0.15, 0.2) is 17.5 Å². The summed E-state index contributed by atoms with van der Waals surface area (Å²) in [6.45, 7) is 9.96. The molecule has 0 saturated carbocycles. The third-order valence-electron chi connectivity index (χ3n) is 2.99.